The molecule has 0 heterocycles. The molecule has 2 heteroatoms. The number of hydrogen-bond donors (Lipinski definition) is 1. The minimum absolute atomic E-state index is 0.188. The van der Waals surface area contributed by atoms with E-state index in [2.05, 4.69) is 32.9 Å². The van der Waals surface area contributed by atoms with E-state index >= 15 is 0 Å². The first-order valence-electron chi connectivity index (χ1n) is 7.04. The average Bonchev–Trinajstić information content (AvgIpc) is 2.80. The SMILES string of the molecule is Cc1cc(C)c(OCC(N)C2CCCC2)c(C)c1. The quantitative estimate of drug-likeness (QED) is 0.883. The van der Waals surface area contributed by atoms with Crippen LogP contribution in [0.4, 0.5) is 0 Å². The van der Waals surface area contributed by atoms with Gasteiger partial charge in [0.25, 0.3) is 0 Å². The van der Waals surface area contributed by atoms with Gasteiger partial charge in [0.1, 0.15) is 12.4 Å². The van der Waals surface area contributed by atoms with Crippen LogP contribution >= 0.6 is 0 Å². The van der Waals surface area contributed by atoms with Gasteiger partial charge in [-0.2, -0.15) is 0 Å². The number of benzene rings is 1. The van der Waals surface area contributed by atoms with E-state index in [0.29, 0.717) is 12.5 Å². The third-order valence-electron chi connectivity index (χ3n) is 4.03. The summed E-state index contributed by atoms with van der Waals surface area (Å²) in [5.74, 6) is 1.69. The van der Waals surface area contributed by atoms with Gasteiger partial charge >= 0.3 is 0 Å². The van der Waals surface area contributed by atoms with Gasteiger partial charge < -0.3 is 10.5 Å². The van der Waals surface area contributed by atoms with Gasteiger partial charge in [-0.3, -0.25) is 0 Å². The Morgan fingerprint density at radius 1 is 1.17 bits per heavy atom. The molecular formula is C16H25NO. The van der Waals surface area contributed by atoms with Crippen LogP contribution in [0.1, 0.15) is 42.4 Å². The summed E-state index contributed by atoms with van der Waals surface area (Å²) < 4.78 is 5.97. The zero-order valence-corrected chi connectivity index (χ0v) is 11.8. The molecule has 1 aromatic carbocycles. The van der Waals surface area contributed by atoms with E-state index in [-0.39, 0.29) is 6.04 Å². The molecule has 1 aliphatic rings. The van der Waals surface area contributed by atoms with Crippen molar-refractivity contribution >= 4 is 0 Å². The molecular weight excluding hydrogens is 222 g/mol. The molecule has 0 spiro atoms. The third-order valence-corrected chi connectivity index (χ3v) is 4.03. The number of aryl methyl sites for hydroxylation is 3. The van der Waals surface area contributed by atoms with E-state index in [0.717, 1.165) is 5.75 Å². The van der Waals surface area contributed by atoms with Crippen molar-refractivity contribution in [2.45, 2.75) is 52.5 Å². The van der Waals surface area contributed by atoms with Crippen molar-refractivity contribution in [3.8, 4) is 5.75 Å². The van der Waals surface area contributed by atoms with Crippen molar-refractivity contribution in [3.63, 3.8) is 0 Å². The Balaban J connectivity index is 1.97. The van der Waals surface area contributed by atoms with E-state index in [1.807, 2.05) is 0 Å². The Morgan fingerprint density at radius 3 is 2.28 bits per heavy atom. The molecule has 2 rings (SSSR count). The molecule has 0 saturated heterocycles. The molecule has 2 N–H and O–H groups in total. The Hall–Kier alpha value is -1.02. The summed E-state index contributed by atoms with van der Waals surface area (Å²) in [6.07, 6.45) is 5.22. The topological polar surface area (TPSA) is 35.2 Å². The monoisotopic (exact) mass is 247 g/mol. The lowest BCUT2D eigenvalue weighted by atomic mass is 10.00. The van der Waals surface area contributed by atoms with Crippen LogP contribution in [0.25, 0.3) is 0 Å². The van der Waals surface area contributed by atoms with E-state index in [1.54, 1.807) is 0 Å². The Morgan fingerprint density at radius 2 is 1.72 bits per heavy atom. The average molecular weight is 247 g/mol. The molecule has 0 aliphatic heterocycles. The van der Waals surface area contributed by atoms with Crippen molar-refractivity contribution in [2.24, 2.45) is 11.7 Å². The van der Waals surface area contributed by atoms with Gasteiger partial charge in [0.2, 0.25) is 0 Å². The van der Waals surface area contributed by atoms with Crippen LogP contribution in [0.15, 0.2) is 12.1 Å². The van der Waals surface area contributed by atoms with Crippen molar-refractivity contribution in [1.82, 2.24) is 0 Å². The molecule has 0 radical (unpaired) electrons. The molecule has 1 aliphatic carbocycles. The predicted molar refractivity (Wildman–Crippen MR) is 76.1 cm³/mol. The molecule has 2 nitrogen and oxygen atoms in total. The van der Waals surface area contributed by atoms with E-state index < -0.39 is 0 Å². The van der Waals surface area contributed by atoms with Crippen LogP contribution in [0, 0.1) is 26.7 Å². The standard InChI is InChI=1S/C16H25NO/c1-11-8-12(2)16(13(3)9-11)18-10-15(17)14-6-4-5-7-14/h8-9,14-15H,4-7,10,17H2,1-3H3. The smallest absolute Gasteiger partial charge is 0.125 e. The van der Waals surface area contributed by atoms with Crippen molar-refractivity contribution < 1.29 is 4.74 Å². The van der Waals surface area contributed by atoms with E-state index in [1.165, 1.54) is 42.4 Å². The molecule has 1 fully saturated rings. The van der Waals surface area contributed by atoms with Crippen molar-refractivity contribution in [3.05, 3.63) is 28.8 Å². The first kappa shape index (κ1) is 13.4. The maximum absolute atomic E-state index is 6.23. The molecule has 1 aromatic rings. The summed E-state index contributed by atoms with van der Waals surface area (Å²) in [6, 6.07) is 4.53. The molecule has 0 amide bonds. The normalized spacial score (nSPS) is 18.0. The van der Waals surface area contributed by atoms with Crippen LogP contribution in [0.5, 0.6) is 5.75 Å². The summed E-state index contributed by atoms with van der Waals surface area (Å²) in [6.45, 7) is 6.98. The fourth-order valence-corrected chi connectivity index (χ4v) is 3.10. The molecule has 1 unspecified atom stereocenters. The minimum atomic E-state index is 0.188. The Kier molecular flexibility index (Phi) is 4.28. The maximum atomic E-state index is 6.23. The van der Waals surface area contributed by atoms with E-state index in [9.17, 15) is 0 Å². The first-order valence-corrected chi connectivity index (χ1v) is 7.04. The van der Waals surface area contributed by atoms with Gasteiger partial charge in [-0.05, 0) is 50.7 Å². The fourth-order valence-electron chi connectivity index (χ4n) is 3.10. The number of hydrogen-bond acceptors (Lipinski definition) is 2. The summed E-state index contributed by atoms with van der Waals surface area (Å²) in [5, 5.41) is 0. The highest BCUT2D eigenvalue weighted by atomic mass is 16.5. The van der Waals surface area contributed by atoms with Crippen molar-refractivity contribution in [1.29, 1.82) is 0 Å². The fraction of sp³-hybridized carbons (Fsp3) is 0.625. The van der Waals surface area contributed by atoms with Gasteiger partial charge in [0.15, 0.2) is 0 Å². The minimum Gasteiger partial charge on any atom is -0.491 e. The van der Waals surface area contributed by atoms with Gasteiger partial charge in [-0.1, -0.05) is 30.5 Å². The summed E-state index contributed by atoms with van der Waals surface area (Å²) >= 11 is 0. The molecule has 18 heavy (non-hydrogen) atoms. The van der Waals surface area contributed by atoms with Crippen LogP contribution < -0.4 is 10.5 Å². The van der Waals surface area contributed by atoms with E-state index in [4.69, 9.17) is 10.5 Å². The van der Waals surface area contributed by atoms with Gasteiger partial charge in [0.05, 0.1) is 0 Å². The Labute approximate surface area is 111 Å². The molecule has 1 saturated carbocycles. The highest BCUT2D eigenvalue weighted by Crippen LogP contribution is 2.28. The third kappa shape index (κ3) is 3.05. The molecule has 1 atom stereocenters. The van der Waals surface area contributed by atoms with Gasteiger partial charge in [-0.15, -0.1) is 0 Å². The second-order valence-corrected chi connectivity index (χ2v) is 5.75. The highest BCUT2D eigenvalue weighted by Gasteiger charge is 2.22. The van der Waals surface area contributed by atoms with Crippen molar-refractivity contribution in [2.75, 3.05) is 6.61 Å². The highest BCUT2D eigenvalue weighted by molar-refractivity contribution is 5.42. The summed E-state index contributed by atoms with van der Waals surface area (Å²) in [5.41, 5.74) is 9.95. The summed E-state index contributed by atoms with van der Waals surface area (Å²) in [4.78, 5) is 0. The predicted octanol–water partition coefficient (Wildman–Crippen LogP) is 3.51. The van der Waals surface area contributed by atoms with Crippen LogP contribution in [0.3, 0.4) is 0 Å². The maximum Gasteiger partial charge on any atom is 0.125 e. The zero-order chi connectivity index (χ0) is 13.1. The number of nitrogens with two attached hydrogens (primary N) is 1. The zero-order valence-electron chi connectivity index (χ0n) is 11.8. The van der Waals surface area contributed by atoms with Crippen LogP contribution in [-0.2, 0) is 0 Å². The second kappa shape index (κ2) is 5.75. The Bertz CT molecular complexity index is 385. The second-order valence-electron chi connectivity index (χ2n) is 5.75. The molecule has 100 valence electrons. The summed E-state index contributed by atoms with van der Waals surface area (Å²) in [7, 11) is 0. The van der Waals surface area contributed by atoms with Gasteiger partial charge in [-0.25, -0.2) is 0 Å². The number of rotatable bonds is 4. The lowest BCUT2D eigenvalue weighted by Crippen LogP contribution is -2.34. The number of ether oxygens (including phenoxy) is 1. The largest absolute Gasteiger partial charge is 0.491 e. The van der Waals surface area contributed by atoms with Crippen LogP contribution in [-0.4, -0.2) is 12.6 Å². The van der Waals surface area contributed by atoms with Crippen LogP contribution in [0.2, 0.25) is 0 Å². The van der Waals surface area contributed by atoms with Gasteiger partial charge in [0, 0.05) is 6.04 Å². The lowest BCUT2D eigenvalue weighted by molar-refractivity contribution is 0.245. The first-order chi connectivity index (χ1) is 8.58. The lowest BCUT2D eigenvalue weighted by Gasteiger charge is -2.21. The molecule has 0 aromatic heterocycles. The molecule has 0 bridgehead atoms.